The van der Waals surface area contributed by atoms with Crippen LogP contribution < -0.4 is 10.1 Å². The smallest absolute Gasteiger partial charge is 0.213 e. The molecule has 3 aromatic heterocycles. The molecule has 1 aromatic carbocycles. The van der Waals surface area contributed by atoms with E-state index in [9.17, 15) is 9.90 Å². The van der Waals surface area contributed by atoms with Crippen LogP contribution in [-0.4, -0.2) is 28.5 Å². The summed E-state index contributed by atoms with van der Waals surface area (Å²) in [5, 5.41) is 14.1. The Kier molecular flexibility index (Phi) is 5.24. The SMILES string of the molecule is COc1ccc2nc(Nc3sc(-c4ccc(C(C)(C)O)cc4)cc3C=O)ccc2n1. The third-order valence-electron chi connectivity index (χ3n) is 4.73. The van der Waals surface area contributed by atoms with Gasteiger partial charge in [0.15, 0.2) is 6.29 Å². The normalized spacial score (nSPS) is 11.5. The molecular weight excluding hydrogens is 398 g/mol. The average Bonchev–Trinajstić information content (AvgIpc) is 3.15. The number of methoxy groups -OCH3 is 1. The first-order valence-electron chi connectivity index (χ1n) is 9.38. The molecule has 0 aliphatic carbocycles. The maximum absolute atomic E-state index is 11.6. The van der Waals surface area contributed by atoms with Crippen molar-refractivity contribution in [1.82, 2.24) is 9.97 Å². The van der Waals surface area contributed by atoms with E-state index in [1.807, 2.05) is 48.5 Å². The van der Waals surface area contributed by atoms with E-state index in [-0.39, 0.29) is 0 Å². The van der Waals surface area contributed by atoms with Crippen molar-refractivity contribution in [2.75, 3.05) is 12.4 Å². The van der Waals surface area contributed by atoms with Crippen LogP contribution in [0.5, 0.6) is 5.88 Å². The van der Waals surface area contributed by atoms with E-state index in [1.165, 1.54) is 11.3 Å². The Morgan fingerprint density at radius 3 is 2.40 bits per heavy atom. The second-order valence-corrected chi connectivity index (χ2v) is 8.41. The van der Waals surface area contributed by atoms with Gasteiger partial charge in [0.05, 0.1) is 23.7 Å². The Hall–Kier alpha value is -3.29. The number of hydrogen-bond donors (Lipinski definition) is 2. The summed E-state index contributed by atoms with van der Waals surface area (Å²) in [6, 6.07) is 16.8. The van der Waals surface area contributed by atoms with Gasteiger partial charge < -0.3 is 15.2 Å². The number of rotatable bonds is 6. The van der Waals surface area contributed by atoms with Gasteiger partial charge >= 0.3 is 0 Å². The molecule has 7 heteroatoms. The molecule has 0 aliphatic heterocycles. The average molecular weight is 420 g/mol. The van der Waals surface area contributed by atoms with Crippen LogP contribution in [-0.2, 0) is 5.60 Å². The summed E-state index contributed by atoms with van der Waals surface area (Å²) in [6.45, 7) is 3.50. The minimum Gasteiger partial charge on any atom is -0.481 e. The second kappa shape index (κ2) is 7.85. The van der Waals surface area contributed by atoms with Gasteiger partial charge in [-0.15, -0.1) is 11.3 Å². The quantitative estimate of drug-likeness (QED) is 0.421. The summed E-state index contributed by atoms with van der Waals surface area (Å²) in [5.41, 5.74) is 2.95. The number of ether oxygens (including phenoxy) is 1. The monoisotopic (exact) mass is 419 g/mol. The number of aromatic nitrogens is 2. The van der Waals surface area contributed by atoms with Crippen molar-refractivity contribution in [1.29, 1.82) is 0 Å². The molecule has 30 heavy (non-hydrogen) atoms. The summed E-state index contributed by atoms with van der Waals surface area (Å²) >= 11 is 1.48. The van der Waals surface area contributed by atoms with Crippen molar-refractivity contribution in [3.05, 3.63) is 65.7 Å². The highest BCUT2D eigenvalue weighted by Crippen LogP contribution is 2.37. The molecule has 0 fully saturated rings. The van der Waals surface area contributed by atoms with Crippen LogP contribution in [0, 0.1) is 0 Å². The van der Waals surface area contributed by atoms with Crippen molar-refractivity contribution in [2.24, 2.45) is 0 Å². The van der Waals surface area contributed by atoms with Gasteiger partial charge in [0.1, 0.15) is 10.8 Å². The van der Waals surface area contributed by atoms with Crippen molar-refractivity contribution in [2.45, 2.75) is 19.4 Å². The minimum absolute atomic E-state index is 0.534. The summed E-state index contributed by atoms with van der Waals surface area (Å²) in [5.74, 6) is 1.16. The van der Waals surface area contributed by atoms with E-state index in [0.717, 1.165) is 38.3 Å². The number of carbonyl (C=O) groups is 1. The minimum atomic E-state index is -0.894. The van der Waals surface area contributed by atoms with Crippen LogP contribution in [0.1, 0.15) is 29.8 Å². The van der Waals surface area contributed by atoms with Crippen LogP contribution in [0.2, 0.25) is 0 Å². The fraction of sp³-hybridized carbons (Fsp3) is 0.174. The van der Waals surface area contributed by atoms with Gasteiger partial charge in [0, 0.05) is 16.5 Å². The van der Waals surface area contributed by atoms with Crippen LogP contribution in [0.25, 0.3) is 21.5 Å². The van der Waals surface area contributed by atoms with Crippen molar-refractivity contribution in [3.8, 4) is 16.3 Å². The lowest BCUT2D eigenvalue weighted by molar-refractivity contribution is 0.0786. The van der Waals surface area contributed by atoms with Gasteiger partial charge in [-0.1, -0.05) is 24.3 Å². The first-order valence-corrected chi connectivity index (χ1v) is 10.2. The second-order valence-electron chi connectivity index (χ2n) is 7.36. The van der Waals surface area contributed by atoms with E-state index in [0.29, 0.717) is 17.3 Å². The number of nitrogens with zero attached hydrogens (tertiary/aromatic N) is 2. The number of benzene rings is 1. The fourth-order valence-electron chi connectivity index (χ4n) is 3.07. The summed E-state index contributed by atoms with van der Waals surface area (Å²) in [4.78, 5) is 21.5. The number of nitrogens with one attached hydrogen (secondary N) is 1. The van der Waals surface area contributed by atoms with Crippen molar-refractivity contribution < 1.29 is 14.6 Å². The number of thiophene rings is 1. The zero-order valence-corrected chi connectivity index (χ0v) is 17.7. The highest BCUT2D eigenvalue weighted by atomic mass is 32.1. The maximum atomic E-state index is 11.6. The molecule has 0 saturated heterocycles. The Labute approximate surface area is 178 Å². The Morgan fingerprint density at radius 1 is 1.03 bits per heavy atom. The molecule has 6 nitrogen and oxygen atoms in total. The van der Waals surface area contributed by atoms with E-state index in [1.54, 1.807) is 27.0 Å². The van der Waals surface area contributed by atoms with Crippen molar-refractivity contribution >= 4 is 39.5 Å². The molecule has 0 saturated carbocycles. The Morgan fingerprint density at radius 2 is 1.73 bits per heavy atom. The third-order valence-corrected chi connectivity index (χ3v) is 5.85. The van der Waals surface area contributed by atoms with Gasteiger partial charge in [-0.3, -0.25) is 4.79 Å². The molecule has 0 spiro atoms. The predicted octanol–water partition coefficient (Wildman–Crippen LogP) is 5.15. The maximum Gasteiger partial charge on any atom is 0.213 e. The Bertz CT molecular complexity index is 1210. The highest BCUT2D eigenvalue weighted by Gasteiger charge is 2.16. The van der Waals surface area contributed by atoms with E-state index in [2.05, 4.69) is 15.3 Å². The third kappa shape index (κ3) is 4.03. The highest BCUT2D eigenvalue weighted by molar-refractivity contribution is 7.19. The van der Waals surface area contributed by atoms with Crippen LogP contribution in [0.15, 0.2) is 54.6 Å². The van der Waals surface area contributed by atoms with Crippen LogP contribution in [0.4, 0.5) is 10.8 Å². The molecule has 0 atom stereocenters. The first kappa shape index (κ1) is 20.0. The summed E-state index contributed by atoms with van der Waals surface area (Å²) in [7, 11) is 1.57. The van der Waals surface area contributed by atoms with Gasteiger partial charge in [-0.2, -0.15) is 0 Å². The molecule has 2 N–H and O–H groups in total. The van der Waals surface area contributed by atoms with Crippen LogP contribution in [0.3, 0.4) is 0 Å². The standard InChI is InChI=1S/C23H21N3O3S/c1-23(2,28)16-6-4-14(5-7-16)19-12-15(13-27)22(30-19)26-20-10-8-18-17(24-20)9-11-21(25-18)29-3/h4-13,28H,1-3H3,(H,24,26). The molecule has 0 unspecified atom stereocenters. The number of pyridine rings is 2. The molecular formula is C23H21N3O3S. The van der Waals surface area contributed by atoms with Gasteiger partial charge in [-0.05, 0) is 49.2 Å². The Balaban J connectivity index is 1.63. The zero-order valence-electron chi connectivity index (χ0n) is 16.8. The summed E-state index contributed by atoms with van der Waals surface area (Å²) in [6.07, 6.45) is 0.834. The van der Waals surface area contributed by atoms with E-state index in [4.69, 9.17) is 4.74 Å². The molecule has 0 amide bonds. The van der Waals surface area contributed by atoms with Gasteiger partial charge in [0.25, 0.3) is 0 Å². The van der Waals surface area contributed by atoms with E-state index >= 15 is 0 Å². The molecule has 4 rings (SSSR count). The number of anilines is 2. The van der Waals surface area contributed by atoms with Crippen LogP contribution >= 0.6 is 11.3 Å². The lowest BCUT2D eigenvalue weighted by Crippen LogP contribution is -2.14. The summed E-state index contributed by atoms with van der Waals surface area (Å²) < 4.78 is 5.14. The lowest BCUT2D eigenvalue weighted by Gasteiger charge is -2.17. The van der Waals surface area contributed by atoms with Gasteiger partial charge in [0.2, 0.25) is 5.88 Å². The van der Waals surface area contributed by atoms with Crippen molar-refractivity contribution in [3.63, 3.8) is 0 Å². The number of fused-ring (bicyclic) bond motifs is 1. The predicted molar refractivity (Wildman–Crippen MR) is 120 cm³/mol. The van der Waals surface area contributed by atoms with E-state index < -0.39 is 5.60 Å². The topological polar surface area (TPSA) is 84.3 Å². The number of aliphatic hydroxyl groups is 1. The van der Waals surface area contributed by atoms with Gasteiger partial charge in [-0.25, -0.2) is 9.97 Å². The molecule has 0 radical (unpaired) electrons. The molecule has 4 aromatic rings. The largest absolute Gasteiger partial charge is 0.481 e. The molecule has 152 valence electrons. The molecule has 0 aliphatic rings. The fourth-order valence-corrected chi connectivity index (χ4v) is 4.11. The molecule has 3 heterocycles. The molecule has 0 bridgehead atoms. The number of carbonyl (C=O) groups excluding carboxylic acids is 1. The number of aldehydes is 1. The number of hydrogen-bond acceptors (Lipinski definition) is 7. The zero-order chi connectivity index (χ0) is 21.3. The lowest BCUT2D eigenvalue weighted by atomic mass is 9.97. The first-order chi connectivity index (χ1) is 14.4.